The molecule has 0 amide bonds. The smallest absolute Gasteiger partial charge is 0.312 e. The molecule has 1 aliphatic carbocycles. The Morgan fingerprint density at radius 1 is 1.22 bits per heavy atom. The average molecular weight is 450 g/mol. The summed E-state index contributed by atoms with van der Waals surface area (Å²) >= 11 is 0. The summed E-state index contributed by atoms with van der Waals surface area (Å²) in [6.07, 6.45) is 2.58. The summed E-state index contributed by atoms with van der Waals surface area (Å²) in [5.74, 6) is -4.45. The van der Waals surface area contributed by atoms with Crippen molar-refractivity contribution in [1.29, 1.82) is 0 Å². The Balaban J connectivity index is 2.32. The minimum atomic E-state index is -1.64. The van der Waals surface area contributed by atoms with Gasteiger partial charge in [0.25, 0.3) is 0 Å². The van der Waals surface area contributed by atoms with Gasteiger partial charge < -0.3 is 20.3 Å². The molecule has 1 aromatic rings. The molecule has 0 radical (unpaired) electrons. The van der Waals surface area contributed by atoms with Crippen molar-refractivity contribution in [3.8, 4) is 0 Å². The first-order valence-electron chi connectivity index (χ1n) is 11.2. The molecule has 0 spiro atoms. The number of carboxylic acid groups (broad SMARTS) is 2. The van der Waals surface area contributed by atoms with Crippen LogP contribution >= 0.6 is 0 Å². The van der Waals surface area contributed by atoms with Gasteiger partial charge in [-0.05, 0) is 56.2 Å². The molecule has 0 aromatic heterocycles. The van der Waals surface area contributed by atoms with Crippen LogP contribution in [0.2, 0.25) is 0 Å². The number of hydrogen-bond acceptors (Lipinski definition) is 5. The van der Waals surface area contributed by atoms with Crippen LogP contribution in [0.4, 0.5) is 4.39 Å². The second kappa shape index (κ2) is 8.81. The number of carbonyl (C=O) groups is 3. The van der Waals surface area contributed by atoms with E-state index in [1.54, 1.807) is 19.9 Å². The molecule has 1 aromatic carbocycles. The first kappa shape index (κ1) is 24.2. The molecule has 7 nitrogen and oxygen atoms in total. The van der Waals surface area contributed by atoms with Crippen LogP contribution in [-0.2, 0) is 19.1 Å². The average Bonchev–Trinajstić information content (AvgIpc) is 2.68. The number of hydrogen-bond donors (Lipinski definition) is 3. The van der Waals surface area contributed by atoms with E-state index in [9.17, 15) is 24.6 Å². The molecule has 176 valence electrons. The summed E-state index contributed by atoms with van der Waals surface area (Å²) in [6.45, 7) is 5.92. The Bertz CT molecular complexity index is 916. The van der Waals surface area contributed by atoms with Gasteiger partial charge in [-0.15, -0.1) is 0 Å². The van der Waals surface area contributed by atoms with Crippen LogP contribution in [0.3, 0.4) is 0 Å². The van der Waals surface area contributed by atoms with Gasteiger partial charge in [0.2, 0.25) is 0 Å². The maximum Gasteiger partial charge on any atom is 0.312 e. The highest BCUT2D eigenvalue weighted by atomic mass is 19.1. The van der Waals surface area contributed by atoms with Crippen LogP contribution in [0.1, 0.15) is 76.3 Å². The summed E-state index contributed by atoms with van der Waals surface area (Å²) in [4.78, 5) is 37.2. The molecule has 1 saturated heterocycles. The van der Waals surface area contributed by atoms with Crippen molar-refractivity contribution in [3.63, 3.8) is 0 Å². The predicted octanol–water partition coefficient (Wildman–Crippen LogP) is 3.67. The number of carbonyl (C=O) groups excluding carboxylic acids is 1. The van der Waals surface area contributed by atoms with E-state index in [1.165, 1.54) is 26.0 Å². The standard InChI is InChI=1S/C24H32FNO6/c1-5-24(22(30)31)18(12-32-14(3)27)26-13(2)23(4,21(28)29)20(24)16-10-7-11-17(25)19(16)15-8-6-9-15/h7,10-11,13,15,18,20,26H,5-6,8-9,12H2,1-4H3,(H,28,29)(H,30,31). The molecule has 3 N–H and O–H groups in total. The lowest BCUT2D eigenvalue weighted by Gasteiger charge is -2.57. The van der Waals surface area contributed by atoms with Gasteiger partial charge >= 0.3 is 17.9 Å². The second-order valence-corrected chi connectivity index (χ2v) is 9.33. The van der Waals surface area contributed by atoms with Crippen LogP contribution in [-0.4, -0.2) is 46.8 Å². The lowest BCUT2D eigenvalue weighted by atomic mass is 9.50. The summed E-state index contributed by atoms with van der Waals surface area (Å²) in [7, 11) is 0. The lowest BCUT2D eigenvalue weighted by molar-refractivity contribution is -0.176. The zero-order valence-electron chi connectivity index (χ0n) is 19.0. The number of nitrogens with one attached hydrogen (secondary N) is 1. The van der Waals surface area contributed by atoms with Gasteiger partial charge in [0.15, 0.2) is 0 Å². The Morgan fingerprint density at radius 2 is 1.88 bits per heavy atom. The lowest BCUT2D eigenvalue weighted by Crippen LogP contribution is -2.70. The minimum absolute atomic E-state index is 0.0651. The highest BCUT2D eigenvalue weighted by molar-refractivity contribution is 5.84. The van der Waals surface area contributed by atoms with Gasteiger partial charge in [-0.2, -0.15) is 0 Å². The molecular formula is C24H32FNO6. The van der Waals surface area contributed by atoms with Crippen molar-refractivity contribution in [2.75, 3.05) is 6.61 Å². The number of piperidine rings is 1. The van der Waals surface area contributed by atoms with Crippen LogP contribution in [0.15, 0.2) is 18.2 Å². The zero-order chi connectivity index (χ0) is 23.8. The number of aliphatic carboxylic acids is 2. The summed E-state index contributed by atoms with van der Waals surface area (Å²) in [6, 6.07) is 3.04. The van der Waals surface area contributed by atoms with Crippen LogP contribution in [0.5, 0.6) is 0 Å². The van der Waals surface area contributed by atoms with E-state index in [2.05, 4.69) is 5.32 Å². The third kappa shape index (κ3) is 3.58. The van der Waals surface area contributed by atoms with Gasteiger partial charge in [0.1, 0.15) is 12.4 Å². The Morgan fingerprint density at radius 3 is 2.34 bits per heavy atom. The first-order chi connectivity index (χ1) is 15.0. The van der Waals surface area contributed by atoms with Gasteiger partial charge in [0.05, 0.1) is 16.9 Å². The summed E-state index contributed by atoms with van der Waals surface area (Å²) in [5.41, 5.74) is -2.32. The Kier molecular flexibility index (Phi) is 6.65. The number of esters is 1. The number of rotatable bonds is 7. The largest absolute Gasteiger partial charge is 0.481 e. The van der Waals surface area contributed by atoms with Crippen LogP contribution < -0.4 is 5.32 Å². The molecule has 5 unspecified atom stereocenters. The molecule has 2 fully saturated rings. The molecule has 2 aliphatic rings. The van der Waals surface area contributed by atoms with Crippen molar-refractivity contribution in [1.82, 2.24) is 5.32 Å². The summed E-state index contributed by atoms with van der Waals surface area (Å²) in [5, 5.41) is 24.1. The molecule has 1 saturated carbocycles. The monoisotopic (exact) mass is 449 g/mol. The molecule has 5 atom stereocenters. The molecule has 1 heterocycles. The quantitative estimate of drug-likeness (QED) is 0.544. The van der Waals surface area contributed by atoms with Gasteiger partial charge in [0, 0.05) is 18.9 Å². The van der Waals surface area contributed by atoms with Crippen molar-refractivity contribution in [3.05, 3.63) is 35.1 Å². The normalized spacial score (nSPS) is 32.7. The van der Waals surface area contributed by atoms with E-state index in [4.69, 9.17) is 4.74 Å². The van der Waals surface area contributed by atoms with Crippen LogP contribution in [0.25, 0.3) is 0 Å². The first-order valence-corrected chi connectivity index (χ1v) is 11.2. The number of carboxylic acids is 2. The second-order valence-electron chi connectivity index (χ2n) is 9.33. The maximum atomic E-state index is 15.2. The Hall–Kier alpha value is -2.48. The SMILES string of the molecule is CCC1(C(=O)O)C(COC(C)=O)NC(C)C(C)(C(=O)O)C1c1cccc(F)c1C1CCC1. The fourth-order valence-corrected chi connectivity index (χ4v) is 5.72. The molecule has 0 bridgehead atoms. The highest BCUT2D eigenvalue weighted by Gasteiger charge is 2.66. The van der Waals surface area contributed by atoms with Crippen molar-refractivity contribution >= 4 is 17.9 Å². The van der Waals surface area contributed by atoms with Gasteiger partial charge in [-0.3, -0.25) is 14.4 Å². The van der Waals surface area contributed by atoms with E-state index >= 15 is 4.39 Å². The molecule has 32 heavy (non-hydrogen) atoms. The number of ether oxygens (including phenoxy) is 1. The predicted molar refractivity (Wildman–Crippen MR) is 115 cm³/mol. The molecular weight excluding hydrogens is 417 g/mol. The van der Waals surface area contributed by atoms with Crippen LogP contribution in [0, 0.1) is 16.6 Å². The number of benzene rings is 1. The third-order valence-electron chi connectivity index (χ3n) is 7.90. The fourth-order valence-electron chi connectivity index (χ4n) is 5.72. The number of halogens is 1. The molecule has 8 heteroatoms. The zero-order valence-corrected chi connectivity index (χ0v) is 19.0. The van der Waals surface area contributed by atoms with Crippen molar-refractivity contribution in [2.45, 2.75) is 77.3 Å². The fraction of sp³-hybridized carbons (Fsp3) is 0.625. The topological polar surface area (TPSA) is 113 Å². The van der Waals surface area contributed by atoms with E-state index in [0.717, 1.165) is 19.3 Å². The maximum absolute atomic E-state index is 15.2. The van der Waals surface area contributed by atoms with Gasteiger partial charge in [-0.1, -0.05) is 25.5 Å². The molecule has 3 rings (SSSR count). The van der Waals surface area contributed by atoms with Gasteiger partial charge in [-0.25, -0.2) is 4.39 Å². The van der Waals surface area contributed by atoms with E-state index in [0.29, 0.717) is 11.1 Å². The third-order valence-corrected chi connectivity index (χ3v) is 7.90. The highest BCUT2D eigenvalue weighted by Crippen LogP contribution is 2.59. The van der Waals surface area contributed by atoms with E-state index in [1.807, 2.05) is 0 Å². The minimum Gasteiger partial charge on any atom is -0.481 e. The van der Waals surface area contributed by atoms with E-state index < -0.39 is 52.6 Å². The van der Waals surface area contributed by atoms with Crippen molar-refractivity contribution < 1.29 is 33.7 Å². The van der Waals surface area contributed by atoms with E-state index in [-0.39, 0.29) is 18.9 Å². The Labute approximate surface area is 187 Å². The van der Waals surface area contributed by atoms with Crippen molar-refractivity contribution in [2.24, 2.45) is 10.8 Å². The summed E-state index contributed by atoms with van der Waals surface area (Å²) < 4.78 is 20.4. The molecule has 1 aliphatic heterocycles.